The Hall–Kier alpha value is -1.82. The molecule has 1 rings (SSSR count). The van der Waals surface area contributed by atoms with Crippen LogP contribution in [0.2, 0.25) is 0 Å². The minimum absolute atomic E-state index is 0.230. The lowest BCUT2D eigenvalue weighted by atomic mass is 9.97. The quantitative estimate of drug-likeness (QED) is 0.731. The summed E-state index contributed by atoms with van der Waals surface area (Å²) in [5.74, 6) is -0.516. The van der Waals surface area contributed by atoms with E-state index in [1.54, 1.807) is 26.0 Å². The highest BCUT2D eigenvalue weighted by Gasteiger charge is 2.16. The van der Waals surface area contributed by atoms with E-state index in [0.29, 0.717) is 12.2 Å². The van der Waals surface area contributed by atoms with Gasteiger partial charge in [0.25, 0.3) is 0 Å². The Balaban J connectivity index is 2.94. The maximum absolute atomic E-state index is 11.5. The van der Waals surface area contributed by atoms with Crippen LogP contribution in [0.1, 0.15) is 36.5 Å². The topological polar surface area (TPSA) is 50.1 Å². The molecule has 0 aliphatic rings. The standard InChI is InChI=1S/C13H15NO2/c1-4-16-13(15)10(3)11-5-6-12(8-14)9(2)7-11/h5-7,10H,4H2,1-3H3. The second-order valence-corrected chi connectivity index (χ2v) is 3.66. The van der Waals surface area contributed by atoms with Gasteiger partial charge in [-0.1, -0.05) is 12.1 Å². The number of ether oxygens (including phenoxy) is 1. The molecule has 0 aliphatic heterocycles. The monoisotopic (exact) mass is 217 g/mol. The molecule has 16 heavy (non-hydrogen) atoms. The Labute approximate surface area is 95.7 Å². The van der Waals surface area contributed by atoms with Gasteiger partial charge in [0, 0.05) is 0 Å². The van der Waals surface area contributed by atoms with Crippen molar-refractivity contribution < 1.29 is 9.53 Å². The lowest BCUT2D eigenvalue weighted by molar-refractivity contribution is -0.144. The Morgan fingerprint density at radius 3 is 2.75 bits per heavy atom. The van der Waals surface area contributed by atoms with Crippen LogP contribution in [0, 0.1) is 18.3 Å². The SMILES string of the molecule is CCOC(=O)C(C)c1ccc(C#N)c(C)c1. The molecule has 3 nitrogen and oxygen atoms in total. The minimum Gasteiger partial charge on any atom is -0.466 e. The summed E-state index contributed by atoms with van der Waals surface area (Å²) in [6.45, 7) is 5.84. The number of benzene rings is 1. The Morgan fingerprint density at radius 2 is 2.25 bits per heavy atom. The number of esters is 1. The lowest BCUT2D eigenvalue weighted by Gasteiger charge is -2.11. The van der Waals surface area contributed by atoms with E-state index in [2.05, 4.69) is 6.07 Å². The van der Waals surface area contributed by atoms with Crippen molar-refractivity contribution in [3.05, 3.63) is 34.9 Å². The number of carbonyl (C=O) groups excluding carboxylic acids is 1. The fraction of sp³-hybridized carbons (Fsp3) is 0.385. The van der Waals surface area contributed by atoms with Crippen molar-refractivity contribution in [2.45, 2.75) is 26.7 Å². The van der Waals surface area contributed by atoms with Crippen molar-refractivity contribution in [3.63, 3.8) is 0 Å². The van der Waals surface area contributed by atoms with Crippen molar-refractivity contribution in [1.29, 1.82) is 5.26 Å². The molecule has 0 saturated carbocycles. The van der Waals surface area contributed by atoms with E-state index in [1.165, 1.54) is 0 Å². The molecule has 0 heterocycles. The average Bonchev–Trinajstić information content (AvgIpc) is 2.28. The third-order valence-corrected chi connectivity index (χ3v) is 2.51. The highest BCUT2D eigenvalue weighted by molar-refractivity contribution is 5.77. The molecule has 0 radical (unpaired) electrons. The Morgan fingerprint density at radius 1 is 1.56 bits per heavy atom. The van der Waals surface area contributed by atoms with Crippen molar-refractivity contribution in [2.75, 3.05) is 6.61 Å². The van der Waals surface area contributed by atoms with Crippen LogP contribution in [0.25, 0.3) is 0 Å². The molecule has 0 aromatic heterocycles. The van der Waals surface area contributed by atoms with Gasteiger partial charge in [0.05, 0.1) is 24.2 Å². The van der Waals surface area contributed by atoms with Crippen LogP contribution in [0.15, 0.2) is 18.2 Å². The lowest BCUT2D eigenvalue weighted by Crippen LogP contribution is -2.13. The van der Waals surface area contributed by atoms with Crippen LogP contribution in [0.4, 0.5) is 0 Å². The molecular weight excluding hydrogens is 202 g/mol. The molecule has 0 saturated heterocycles. The average molecular weight is 217 g/mol. The molecule has 84 valence electrons. The van der Waals surface area contributed by atoms with Gasteiger partial charge in [0.15, 0.2) is 0 Å². The molecule has 0 N–H and O–H groups in total. The smallest absolute Gasteiger partial charge is 0.313 e. The first-order valence-corrected chi connectivity index (χ1v) is 5.27. The number of nitrogens with zero attached hydrogens (tertiary/aromatic N) is 1. The van der Waals surface area contributed by atoms with Gasteiger partial charge in [-0.15, -0.1) is 0 Å². The molecule has 0 bridgehead atoms. The van der Waals surface area contributed by atoms with E-state index in [0.717, 1.165) is 11.1 Å². The zero-order valence-electron chi connectivity index (χ0n) is 9.78. The summed E-state index contributed by atoms with van der Waals surface area (Å²) in [6.07, 6.45) is 0. The zero-order valence-corrected chi connectivity index (χ0v) is 9.78. The predicted molar refractivity (Wildman–Crippen MR) is 60.9 cm³/mol. The maximum Gasteiger partial charge on any atom is 0.313 e. The second-order valence-electron chi connectivity index (χ2n) is 3.66. The van der Waals surface area contributed by atoms with Crippen LogP contribution in [0.5, 0.6) is 0 Å². The summed E-state index contributed by atoms with van der Waals surface area (Å²) < 4.78 is 4.95. The largest absolute Gasteiger partial charge is 0.466 e. The summed E-state index contributed by atoms with van der Waals surface area (Å²) >= 11 is 0. The Kier molecular flexibility index (Phi) is 4.07. The number of hydrogen-bond donors (Lipinski definition) is 0. The first kappa shape index (κ1) is 12.3. The summed E-state index contributed by atoms with van der Waals surface area (Å²) in [7, 11) is 0. The molecule has 0 aliphatic carbocycles. The van der Waals surface area contributed by atoms with E-state index >= 15 is 0 Å². The summed E-state index contributed by atoms with van der Waals surface area (Å²) in [6, 6.07) is 7.50. The van der Waals surface area contributed by atoms with Crippen molar-refractivity contribution >= 4 is 5.97 Å². The van der Waals surface area contributed by atoms with Crippen LogP contribution in [-0.4, -0.2) is 12.6 Å². The summed E-state index contributed by atoms with van der Waals surface area (Å²) in [5, 5.41) is 8.80. The predicted octanol–water partition coefficient (Wildman–Crippen LogP) is 2.53. The zero-order chi connectivity index (χ0) is 12.1. The first-order chi connectivity index (χ1) is 7.60. The molecule has 1 atom stereocenters. The van der Waals surface area contributed by atoms with E-state index in [9.17, 15) is 4.79 Å². The number of carbonyl (C=O) groups is 1. The van der Waals surface area contributed by atoms with Gasteiger partial charge in [0.2, 0.25) is 0 Å². The molecule has 0 fully saturated rings. The van der Waals surface area contributed by atoms with E-state index in [-0.39, 0.29) is 11.9 Å². The van der Waals surface area contributed by atoms with E-state index < -0.39 is 0 Å². The number of rotatable bonds is 3. The van der Waals surface area contributed by atoms with Gasteiger partial charge in [0.1, 0.15) is 0 Å². The van der Waals surface area contributed by atoms with Crippen molar-refractivity contribution in [3.8, 4) is 6.07 Å². The second kappa shape index (κ2) is 5.32. The fourth-order valence-corrected chi connectivity index (χ4v) is 1.48. The normalized spacial score (nSPS) is 11.6. The number of aryl methyl sites for hydroxylation is 1. The number of hydrogen-bond acceptors (Lipinski definition) is 3. The van der Waals surface area contributed by atoms with Crippen LogP contribution < -0.4 is 0 Å². The van der Waals surface area contributed by atoms with Gasteiger partial charge >= 0.3 is 5.97 Å². The van der Waals surface area contributed by atoms with Crippen LogP contribution in [-0.2, 0) is 9.53 Å². The molecule has 0 spiro atoms. The molecule has 3 heteroatoms. The first-order valence-electron chi connectivity index (χ1n) is 5.27. The van der Waals surface area contributed by atoms with Gasteiger partial charge in [-0.25, -0.2) is 0 Å². The van der Waals surface area contributed by atoms with Gasteiger partial charge in [-0.05, 0) is 38.0 Å². The molecule has 0 amide bonds. The van der Waals surface area contributed by atoms with Crippen molar-refractivity contribution in [2.24, 2.45) is 0 Å². The third-order valence-electron chi connectivity index (χ3n) is 2.51. The Bertz CT molecular complexity index is 432. The van der Waals surface area contributed by atoms with Crippen LogP contribution in [0.3, 0.4) is 0 Å². The number of nitriles is 1. The third kappa shape index (κ3) is 2.60. The molecule has 1 unspecified atom stereocenters. The van der Waals surface area contributed by atoms with E-state index in [1.807, 2.05) is 13.0 Å². The highest BCUT2D eigenvalue weighted by atomic mass is 16.5. The van der Waals surface area contributed by atoms with Gasteiger partial charge < -0.3 is 4.74 Å². The highest BCUT2D eigenvalue weighted by Crippen LogP contribution is 2.19. The molecule has 1 aromatic rings. The van der Waals surface area contributed by atoms with E-state index in [4.69, 9.17) is 10.00 Å². The van der Waals surface area contributed by atoms with Gasteiger partial charge in [-0.3, -0.25) is 4.79 Å². The molecule has 1 aromatic carbocycles. The van der Waals surface area contributed by atoms with Crippen LogP contribution >= 0.6 is 0 Å². The fourth-order valence-electron chi connectivity index (χ4n) is 1.48. The van der Waals surface area contributed by atoms with Gasteiger partial charge in [-0.2, -0.15) is 5.26 Å². The molecular formula is C13H15NO2. The maximum atomic E-state index is 11.5. The minimum atomic E-state index is -0.286. The van der Waals surface area contributed by atoms with Crippen molar-refractivity contribution in [1.82, 2.24) is 0 Å². The summed E-state index contributed by atoms with van der Waals surface area (Å²) in [5.41, 5.74) is 2.41. The summed E-state index contributed by atoms with van der Waals surface area (Å²) in [4.78, 5) is 11.5.